The average Bonchev–Trinajstić information content (AvgIpc) is 3.28. The smallest absolute Gasteiger partial charge is 0.291 e. The van der Waals surface area contributed by atoms with Crippen LogP contribution in [0.3, 0.4) is 0 Å². The van der Waals surface area contributed by atoms with Crippen LogP contribution in [0, 0.1) is 5.92 Å². The summed E-state index contributed by atoms with van der Waals surface area (Å²) in [6, 6.07) is 11.6. The van der Waals surface area contributed by atoms with Crippen molar-refractivity contribution in [2.75, 3.05) is 37.8 Å². The highest BCUT2D eigenvalue weighted by molar-refractivity contribution is 7.88. The van der Waals surface area contributed by atoms with Gasteiger partial charge in [0.25, 0.3) is 5.91 Å². The van der Waals surface area contributed by atoms with Gasteiger partial charge in [0.05, 0.1) is 12.5 Å². The Morgan fingerprint density at radius 3 is 2.58 bits per heavy atom. The van der Waals surface area contributed by atoms with Gasteiger partial charge >= 0.3 is 0 Å². The van der Waals surface area contributed by atoms with E-state index in [0.29, 0.717) is 30.8 Å². The van der Waals surface area contributed by atoms with Crippen molar-refractivity contribution in [1.29, 1.82) is 0 Å². The first kappa shape index (κ1) is 27.4. The molecule has 7 nitrogen and oxygen atoms in total. The van der Waals surface area contributed by atoms with Crippen molar-refractivity contribution in [3.05, 3.63) is 54.0 Å². The van der Waals surface area contributed by atoms with Crippen LogP contribution in [-0.2, 0) is 16.4 Å². The van der Waals surface area contributed by atoms with Crippen molar-refractivity contribution >= 4 is 34.0 Å². The second-order valence-corrected chi connectivity index (χ2v) is 10.8. The molecule has 2 heterocycles. The summed E-state index contributed by atoms with van der Waals surface area (Å²) < 4.78 is 30.3. The molecule has 0 spiro atoms. The number of nitrogens with one attached hydrogen (secondary N) is 1. The van der Waals surface area contributed by atoms with Crippen LogP contribution in [0.15, 0.2) is 47.1 Å². The third-order valence-electron chi connectivity index (χ3n) is 6.13. The van der Waals surface area contributed by atoms with E-state index in [0.717, 1.165) is 44.5 Å². The molecule has 0 bridgehead atoms. The van der Waals surface area contributed by atoms with Crippen molar-refractivity contribution < 1.29 is 17.6 Å². The van der Waals surface area contributed by atoms with E-state index < -0.39 is 10.0 Å². The highest BCUT2D eigenvalue weighted by Gasteiger charge is 2.27. The van der Waals surface area contributed by atoms with Gasteiger partial charge in [0.15, 0.2) is 5.76 Å². The molecule has 3 rings (SSSR count). The van der Waals surface area contributed by atoms with E-state index in [-0.39, 0.29) is 18.3 Å². The zero-order valence-electron chi connectivity index (χ0n) is 19.7. The fourth-order valence-electron chi connectivity index (χ4n) is 4.38. The highest BCUT2D eigenvalue weighted by atomic mass is 35.5. The molecule has 0 saturated carbocycles. The summed E-state index contributed by atoms with van der Waals surface area (Å²) in [5.74, 6) is 0.550. The number of benzene rings is 1. The van der Waals surface area contributed by atoms with Crippen LogP contribution >= 0.6 is 12.4 Å². The first-order valence-electron chi connectivity index (χ1n) is 11.4. The number of hydrogen-bond donors (Lipinski definition) is 1. The third-order valence-corrected chi connectivity index (χ3v) is 7.43. The molecule has 1 aliphatic heterocycles. The lowest BCUT2D eigenvalue weighted by Gasteiger charge is -2.36. The van der Waals surface area contributed by atoms with Crippen LogP contribution in [0.5, 0.6) is 0 Å². The number of anilines is 1. The monoisotopic (exact) mass is 497 g/mol. The predicted molar refractivity (Wildman–Crippen MR) is 135 cm³/mol. The summed E-state index contributed by atoms with van der Waals surface area (Å²) in [7, 11) is -3.09. The lowest BCUT2D eigenvalue weighted by atomic mass is 9.96. The number of amides is 1. The molecule has 1 aromatic carbocycles. The minimum atomic E-state index is -3.09. The Morgan fingerprint density at radius 2 is 1.97 bits per heavy atom. The zero-order valence-corrected chi connectivity index (χ0v) is 21.3. The maximum atomic E-state index is 12.3. The van der Waals surface area contributed by atoms with Gasteiger partial charge in [0.1, 0.15) is 0 Å². The number of sulfonamides is 1. The van der Waals surface area contributed by atoms with E-state index in [9.17, 15) is 13.2 Å². The fraction of sp³-hybridized carbons (Fsp3) is 0.542. The number of hydrogen-bond acceptors (Lipinski definition) is 5. The van der Waals surface area contributed by atoms with Gasteiger partial charge in [-0.3, -0.25) is 4.79 Å². The summed E-state index contributed by atoms with van der Waals surface area (Å²) in [6.45, 7) is 7.68. The predicted octanol–water partition coefficient (Wildman–Crippen LogP) is 4.27. The maximum absolute atomic E-state index is 12.3. The molecule has 1 saturated heterocycles. The Bertz CT molecular complexity index is 973. The second-order valence-electron chi connectivity index (χ2n) is 8.79. The topological polar surface area (TPSA) is 82.9 Å². The SMILES string of the molecule is CCCN(CC1CCN(S(C)(=O)=O)CC1)C(C)Cc1cccc(NC(=O)c2ccco2)c1.Cl. The molecule has 1 fully saturated rings. The van der Waals surface area contributed by atoms with Gasteiger partial charge < -0.3 is 14.6 Å². The third kappa shape index (κ3) is 8.14. The van der Waals surface area contributed by atoms with Crippen molar-refractivity contribution in [3.63, 3.8) is 0 Å². The molecule has 1 aliphatic rings. The standard InChI is InChI=1S/C24H35N3O4S.ClH/c1-4-12-26(18-20-10-13-27(14-11-20)32(3,29)30)19(2)16-21-7-5-8-22(17-21)25-24(28)23-9-6-15-31-23;/h5-9,15,17,19-20H,4,10-14,16,18H2,1-3H3,(H,25,28);1H. The van der Waals surface area contributed by atoms with E-state index >= 15 is 0 Å². The van der Waals surface area contributed by atoms with E-state index in [1.807, 2.05) is 18.2 Å². The summed E-state index contributed by atoms with van der Waals surface area (Å²) in [4.78, 5) is 14.8. The average molecular weight is 498 g/mol. The van der Waals surface area contributed by atoms with Crippen molar-refractivity contribution in [3.8, 4) is 0 Å². The summed E-state index contributed by atoms with van der Waals surface area (Å²) >= 11 is 0. The quantitative estimate of drug-likeness (QED) is 0.530. The van der Waals surface area contributed by atoms with Gasteiger partial charge in [-0.25, -0.2) is 12.7 Å². The molecule has 0 aliphatic carbocycles. The Kier molecular flexibility index (Phi) is 10.4. The zero-order chi connectivity index (χ0) is 23.1. The molecule has 1 atom stereocenters. The minimum Gasteiger partial charge on any atom is -0.459 e. The molecular formula is C24H36ClN3O4S. The fourth-order valence-corrected chi connectivity index (χ4v) is 5.25. The van der Waals surface area contributed by atoms with Crippen LogP contribution in [0.2, 0.25) is 0 Å². The lowest BCUT2D eigenvalue weighted by Crippen LogP contribution is -2.44. The Morgan fingerprint density at radius 1 is 1.24 bits per heavy atom. The summed E-state index contributed by atoms with van der Waals surface area (Å²) in [5, 5.41) is 2.89. The number of furan rings is 1. The van der Waals surface area contributed by atoms with Crippen LogP contribution in [0.1, 0.15) is 49.2 Å². The Balaban J connectivity index is 0.00000385. The van der Waals surface area contributed by atoms with Crippen molar-refractivity contribution in [1.82, 2.24) is 9.21 Å². The van der Waals surface area contributed by atoms with Gasteiger partial charge in [-0.1, -0.05) is 19.1 Å². The van der Waals surface area contributed by atoms with Crippen molar-refractivity contribution in [2.24, 2.45) is 5.92 Å². The maximum Gasteiger partial charge on any atom is 0.291 e. The molecule has 9 heteroatoms. The normalized spacial score (nSPS) is 16.4. The molecular weight excluding hydrogens is 462 g/mol. The second kappa shape index (κ2) is 12.6. The summed E-state index contributed by atoms with van der Waals surface area (Å²) in [6.07, 6.45) is 6.56. The number of halogens is 1. The molecule has 1 unspecified atom stereocenters. The largest absolute Gasteiger partial charge is 0.459 e. The molecule has 1 aromatic heterocycles. The van der Waals surface area contributed by atoms with Gasteiger partial charge in [0.2, 0.25) is 10.0 Å². The number of piperidine rings is 1. The minimum absolute atomic E-state index is 0. The molecule has 33 heavy (non-hydrogen) atoms. The molecule has 1 amide bonds. The number of carbonyl (C=O) groups is 1. The molecule has 2 aromatic rings. The highest BCUT2D eigenvalue weighted by Crippen LogP contribution is 2.23. The van der Waals surface area contributed by atoms with Gasteiger partial charge in [-0.05, 0) is 74.9 Å². The van der Waals surface area contributed by atoms with Crippen LogP contribution in [0.25, 0.3) is 0 Å². The van der Waals surface area contributed by atoms with Crippen LogP contribution in [0.4, 0.5) is 5.69 Å². The van der Waals surface area contributed by atoms with Crippen LogP contribution < -0.4 is 5.32 Å². The number of nitrogens with zero attached hydrogens (tertiary/aromatic N) is 2. The first-order chi connectivity index (χ1) is 15.3. The Hall–Kier alpha value is -1.87. The van der Waals surface area contributed by atoms with Gasteiger partial charge in [-0.15, -0.1) is 12.4 Å². The van der Waals surface area contributed by atoms with E-state index in [1.54, 1.807) is 16.4 Å². The van der Waals surface area contributed by atoms with E-state index in [2.05, 4.69) is 30.1 Å². The molecule has 184 valence electrons. The van der Waals surface area contributed by atoms with Gasteiger partial charge in [-0.2, -0.15) is 0 Å². The Labute approximate surface area is 204 Å². The van der Waals surface area contributed by atoms with E-state index in [4.69, 9.17) is 4.42 Å². The van der Waals surface area contributed by atoms with Crippen LogP contribution in [-0.4, -0.2) is 62.0 Å². The summed E-state index contributed by atoms with van der Waals surface area (Å²) in [5.41, 5.74) is 1.93. The lowest BCUT2D eigenvalue weighted by molar-refractivity contribution is 0.0996. The van der Waals surface area contributed by atoms with Gasteiger partial charge in [0, 0.05) is 31.4 Å². The number of rotatable bonds is 10. The van der Waals surface area contributed by atoms with Crippen molar-refractivity contribution in [2.45, 2.75) is 45.6 Å². The molecule has 0 radical (unpaired) electrons. The molecule has 1 N–H and O–H groups in total. The first-order valence-corrected chi connectivity index (χ1v) is 13.2. The van der Waals surface area contributed by atoms with E-state index in [1.165, 1.54) is 18.1 Å². The number of carbonyl (C=O) groups excluding carboxylic acids is 1.